The maximum Gasteiger partial charge on any atom is 0.256 e. The fourth-order valence-corrected chi connectivity index (χ4v) is 4.72. The van der Waals surface area contributed by atoms with Crippen molar-refractivity contribution < 1.29 is 17.9 Å². The van der Waals surface area contributed by atoms with Crippen molar-refractivity contribution in [2.45, 2.75) is 37.5 Å². The van der Waals surface area contributed by atoms with Crippen molar-refractivity contribution in [3.8, 4) is 5.75 Å². The summed E-state index contributed by atoms with van der Waals surface area (Å²) in [6.45, 7) is 3.04. The molecule has 2 aromatic rings. The van der Waals surface area contributed by atoms with Gasteiger partial charge < -0.3 is 10.1 Å². The van der Waals surface area contributed by atoms with E-state index >= 15 is 0 Å². The van der Waals surface area contributed by atoms with Crippen LogP contribution in [-0.2, 0) is 16.4 Å². The third-order valence-corrected chi connectivity index (χ3v) is 6.71. The number of sulfonamides is 1. The molecule has 1 fully saturated rings. The van der Waals surface area contributed by atoms with E-state index in [0.717, 1.165) is 31.2 Å². The molecule has 1 aromatic carbocycles. The van der Waals surface area contributed by atoms with Gasteiger partial charge in [-0.1, -0.05) is 19.4 Å². The molecule has 28 heavy (non-hydrogen) atoms. The summed E-state index contributed by atoms with van der Waals surface area (Å²) < 4.78 is 32.5. The molecule has 0 atom stereocenters. The smallest absolute Gasteiger partial charge is 0.256 e. The molecular weight excluding hydrogens is 378 g/mol. The summed E-state index contributed by atoms with van der Waals surface area (Å²) in [5.74, 6) is 0.324. The predicted octanol–water partition coefficient (Wildman–Crippen LogP) is 3.08. The summed E-state index contributed by atoms with van der Waals surface area (Å²) in [6.07, 6.45) is 5.24. The Labute approximate surface area is 165 Å². The van der Waals surface area contributed by atoms with Crippen molar-refractivity contribution in [1.82, 2.24) is 9.29 Å². The molecule has 0 saturated carbocycles. The lowest BCUT2D eigenvalue weighted by Gasteiger charge is -2.26. The van der Waals surface area contributed by atoms with Gasteiger partial charge in [0.1, 0.15) is 0 Å². The van der Waals surface area contributed by atoms with Gasteiger partial charge in [-0.05, 0) is 49.1 Å². The van der Waals surface area contributed by atoms with Gasteiger partial charge in [-0.3, -0.25) is 4.79 Å². The summed E-state index contributed by atoms with van der Waals surface area (Å²) in [5.41, 5.74) is 1.24. The molecule has 1 aliphatic rings. The van der Waals surface area contributed by atoms with E-state index in [-0.39, 0.29) is 10.5 Å². The Morgan fingerprint density at radius 1 is 1.21 bits per heavy atom. The molecule has 1 aliphatic heterocycles. The van der Waals surface area contributed by atoms with Crippen LogP contribution in [0.5, 0.6) is 5.75 Å². The molecule has 8 heteroatoms. The van der Waals surface area contributed by atoms with Gasteiger partial charge in [-0.25, -0.2) is 13.4 Å². The van der Waals surface area contributed by atoms with Crippen LogP contribution in [0.2, 0.25) is 0 Å². The van der Waals surface area contributed by atoms with E-state index in [9.17, 15) is 13.2 Å². The zero-order valence-electron chi connectivity index (χ0n) is 16.1. The first-order valence-corrected chi connectivity index (χ1v) is 10.8. The summed E-state index contributed by atoms with van der Waals surface area (Å²) in [5, 5.41) is 2.70. The highest BCUT2D eigenvalue weighted by atomic mass is 32.2. The Balaban J connectivity index is 1.83. The molecule has 7 nitrogen and oxygen atoms in total. The molecule has 0 spiro atoms. The number of benzene rings is 1. The standard InChI is InChI=1S/C20H25N3O4S/c1-3-15-12-18(27-2)19(21-14-15)22-20(24)16-8-7-9-17(13-16)28(25,26)23-10-5-4-6-11-23/h7-9,12-14H,3-6,10-11H2,1-2H3,(H,21,22,24). The number of aryl methyl sites for hydroxylation is 1. The summed E-state index contributed by atoms with van der Waals surface area (Å²) in [4.78, 5) is 17.1. The van der Waals surface area contributed by atoms with Gasteiger partial charge in [-0.2, -0.15) is 4.31 Å². The average molecular weight is 404 g/mol. The number of anilines is 1. The molecule has 0 bridgehead atoms. The number of amides is 1. The first-order valence-electron chi connectivity index (χ1n) is 9.40. The molecule has 0 aliphatic carbocycles. The topological polar surface area (TPSA) is 88.6 Å². The largest absolute Gasteiger partial charge is 0.493 e. The maximum atomic E-state index is 12.9. The minimum absolute atomic E-state index is 0.128. The fraction of sp³-hybridized carbons (Fsp3) is 0.400. The van der Waals surface area contributed by atoms with Crippen molar-refractivity contribution in [3.05, 3.63) is 47.7 Å². The number of pyridine rings is 1. The quantitative estimate of drug-likeness (QED) is 0.801. The lowest BCUT2D eigenvalue weighted by atomic mass is 10.2. The van der Waals surface area contributed by atoms with Gasteiger partial charge in [0.15, 0.2) is 11.6 Å². The van der Waals surface area contributed by atoms with Crippen molar-refractivity contribution in [2.75, 3.05) is 25.5 Å². The van der Waals surface area contributed by atoms with Crippen LogP contribution in [0, 0.1) is 0 Å². The van der Waals surface area contributed by atoms with E-state index in [1.54, 1.807) is 18.3 Å². The van der Waals surface area contributed by atoms with Crippen molar-refractivity contribution in [3.63, 3.8) is 0 Å². The van der Waals surface area contributed by atoms with E-state index in [1.165, 1.54) is 23.5 Å². The maximum absolute atomic E-state index is 12.9. The Bertz CT molecular complexity index is 954. The number of ether oxygens (including phenoxy) is 1. The third-order valence-electron chi connectivity index (χ3n) is 4.82. The fourth-order valence-electron chi connectivity index (χ4n) is 3.16. The zero-order valence-corrected chi connectivity index (χ0v) is 17.0. The first-order chi connectivity index (χ1) is 13.5. The van der Waals surface area contributed by atoms with E-state index in [2.05, 4.69) is 10.3 Å². The van der Waals surface area contributed by atoms with Gasteiger partial charge in [0, 0.05) is 24.8 Å². The Morgan fingerprint density at radius 2 is 1.96 bits per heavy atom. The Kier molecular flexibility index (Phi) is 6.31. The van der Waals surface area contributed by atoms with Gasteiger partial charge in [0.05, 0.1) is 12.0 Å². The van der Waals surface area contributed by atoms with Gasteiger partial charge in [-0.15, -0.1) is 0 Å². The van der Waals surface area contributed by atoms with Crippen molar-refractivity contribution in [2.24, 2.45) is 0 Å². The average Bonchev–Trinajstić information content (AvgIpc) is 2.74. The van der Waals surface area contributed by atoms with Crippen molar-refractivity contribution in [1.29, 1.82) is 0 Å². The number of piperidine rings is 1. The van der Waals surface area contributed by atoms with Gasteiger partial charge in [0.25, 0.3) is 5.91 Å². The molecule has 1 aromatic heterocycles. The Hall–Kier alpha value is -2.45. The van der Waals surface area contributed by atoms with Crippen molar-refractivity contribution >= 4 is 21.7 Å². The number of methoxy groups -OCH3 is 1. The number of aromatic nitrogens is 1. The minimum atomic E-state index is -3.60. The predicted molar refractivity (Wildman–Crippen MR) is 107 cm³/mol. The lowest BCUT2D eigenvalue weighted by molar-refractivity contribution is 0.102. The number of hydrogen-bond acceptors (Lipinski definition) is 5. The van der Waals surface area contributed by atoms with Crippen LogP contribution in [0.3, 0.4) is 0 Å². The first kappa shape index (κ1) is 20.3. The van der Waals surface area contributed by atoms with E-state index < -0.39 is 15.9 Å². The van der Waals surface area contributed by atoms with Crippen LogP contribution in [0.4, 0.5) is 5.82 Å². The second kappa shape index (κ2) is 8.70. The number of rotatable bonds is 6. The summed E-state index contributed by atoms with van der Waals surface area (Å²) in [7, 11) is -2.09. The lowest BCUT2D eigenvalue weighted by Crippen LogP contribution is -2.35. The van der Waals surface area contributed by atoms with E-state index in [1.807, 2.05) is 13.0 Å². The Morgan fingerprint density at radius 3 is 2.64 bits per heavy atom. The molecule has 150 valence electrons. The number of nitrogens with one attached hydrogen (secondary N) is 1. The molecule has 3 rings (SSSR count). The van der Waals surface area contributed by atoms with Crippen LogP contribution in [0.25, 0.3) is 0 Å². The summed E-state index contributed by atoms with van der Waals surface area (Å²) in [6, 6.07) is 7.91. The molecule has 2 heterocycles. The SMILES string of the molecule is CCc1cnc(NC(=O)c2cccc(S(=O)(=O)N3CCCCC3)c2)c(OC)c1. The zero-order chi connectivity index (χ0) is 20.1. The number of hydrogen-bond donors (Lipinski definition) is 1. The second-order valence-electron chi connectivity index (χ2n) is 6.69. The molecule has 1 amide bonds. The molecular formula is C20H25N3O4S. The van der Waals surface area contributed by atoms with E-state index in [0.29, 0.717) is 24.7 Å². The third kappa shape index (κ3) is 4.34. The van der Waals surface area contributed by atoms with Crippen LogP contribution in [0.1, 0.15) is 42.1 Å². The highest BCUT2D eigenvalue weighted by Crippen LogP contribution is 2.25. The second-order valence-corrected chi connectivity index (χ2v) is 8.63. The molecule has 1 N–H and O–H groups in total. The van der Waals surface area contributed by atoms with Crippen LogP contribution in [-0.4, -0.2) is 43.8 Å². The van der Waals surface area contributed by atoms with Crippen LogP contribution >= 0.6 is 0 Å². The molecule has 0 radical (unpaired) electrons. The molecule has 1 saturated heterocycles. The van der Waals surface area contributed by atoms with Crippen LogP contribution < -0.4 is 10.1 Å². The number of carbonyl (C=O) groups is 1. The van der Waals surface area contributed by atoms with Crippen LogP contribution in [0.15, 0.2) is 41.4 Å². The monoisotopic (exact) mass is 403 g/mol. The van der Waals surface area contributed by atoms with Gasteiger partial charge in [0.2, 0.25) is 10.0 Å². The number of nitrogens with zero attached hydrogens (tertiary/aromatic N) is 2. The minimum Gasteiger partial charge on any atom is -0.493 e. The summed E-state index contributed by atoms with van der Waals surface area (Å²) >= 11 is 0. The highest BCUT2D eigenvalue weighted by molar-refractivity contribution is 7.89. The highest BCUT2D eigenvalue weighted by Gasteiger charge is 2.26. The number of carbonyl (C=O) groups excluding carboxylic acids is 1. The molecule has 0 unspecified atom stereocenters. The van der Waals surface area contributed by atoms with Gasteiger partial charge >= 0.3 is 0 Å². The van der Waals surface area contributed by atoms with E-state index in [4.69, 9.17) is 4.74 Å². The normalized spacial score (nSPS) is 15.2.